The van der Waals surface area contributed by atoms with Crippen LogP contribution in [-0.2, 0) is 57.3 Å². The van der Waals surface area contributed by atoms with Crippen LogP contribution in [0.3, 0.4) is 0 Å². The summed E-state index contributed by atoms with van der Waals surface area (Å²) in [4.78, 5) is 0. The van der Waals surface area contributed by atoms with E-state index in [4.69, 9.17) is 18.4 Å². The average molecular weight is 1270 g/mol. The maximum atomic E-state index is 4.79. The maximum Gasteiger partial charge on any atom is 0.102 e. The molecule has 3 heterocycles. The number of nitrogens with one attached hydrogen (secondary N) is 3. The van der Waals surface area contributed by atoms with Crippen molar-refractivity contribution in [1.82, 2.24) is 46.7 Å². The van der Waals surface area contributed by atoms with Gasteiger partial charge in [-0.3, -0.25) is 5.56 Å². The van der Waals surface area contributed by atoms with E-state index in [0.717, 1.165) is 42.3 Å². The van der Waals surface area contributed by atoms with Gasteiger partial charge in [-0.2, -0.15) is 40.6 Å². The van der Waals surface area contributed by atoms with Crippen molar-refractivity contribution in [3.8, 4) is 0 Å². The normalized spacial score (nSPS) is 13.2. The van der Waals surface area contributed by atoms with Gasteiger partial charge in [0, 0.05) is 64.6 Å². The number of benzene rings is 6. The van der Waals surface area contributed by atoms with Crippen LogP contribution in [-0.4, -0.2) is 70.8 Å². The molecule has 6 aromatic carbocycles. The van der Waals surface area contributed by atoms with Gasteiger partial charge in [0.25, 0.3) is 0 Å². The van der Waals surface area contributed by atoms with Gasteiger partial charge in [0.2, 0.25) is 0 Å². The first-order valence-corrected chi connectivity index (χ1v) is 28.6. The molecular weight excluding hydrogens is 1200 g/mol. The molecule has 0 atom stereocenters. The van der Waals surface area contributed by atoms with E-state index in [2.05, 4.69) is 187 Å². The van der Waals surface area contributed by atoms with E-state index in [1.165, 1.54) is 27.0 Å². The van der Waals surface area contributed by atoms with Crippen molar-refractivity contribution in [2.24, 2.45) is 0 Å². The van der Waals surface area contributed by atoms with Crippen molar-refractivity contribution in [3.63, 3.8) is 0 Å². The van der Waals surface area contributed by atoms with Gasteiger partial charge in [-0.15, -0.1) is 53.9 Å². The van der Waals surface area contributed by atoms with Crippen LogP contribution in [0.2, 0.25) is 0 Å². The second-order valence-electron chi connectivity index (χ2n) is 14.1. The number of rotatable bonds is 9. The molecule has 3 aliphatic heterocycles. The smallest absolute Gasteiger partial charge is 0.0620 e. The predicted octanol–water partition coefficient (Wildman–Crippen LogP) is 10.2. The molecule has 3 aliphatic rings. The van der Waals surface area contributed by atoms with Crippen LogP contribution in [0.5, 0.6) is 0 Å². The van der Waals surface area contributed by atoms with Crippen LogP contribution in [0, 0.1) is 32.1 Å². The Kier molecular flexibility index (Phi) is 31.1. The van der Waals surface area contributed by atoms with Gasteiger partial charge >= 0.3 is 63.0 Å². The van der Waals surface area contributed by atoms with Crippen molar-refractivity contribution >= 4 is 69.0 Å². The van der Waals surface area contributed by atoms with Crippen LogP contribution in [0.4, 0.5) is 0 Å². The van der Waals surface area contributed by atoms with Crippen LogP contribution in [0.1, 0.15) is 38.9 Å². The quantitative estimate of drug-likeness (QED) is 0.0747. The van der Waals surface area contributed by atoms with Gasteiger partial charge in [-0.1, -0.05) is 102 Å². The summed E-state index contributed by atoms with van der Waals surface area (Å²) < 4.78 is 0. The average Bonchev–Trinajstić information content (AvgIpc) is 4.09. The second kappa shape index (κ2) is 34.8. The molecule has 0 saturated heterocycles. The second-order valence-corrected chi connectivity index (χ2v) is 18.8. The van der Waals surface area contributed by atoms with E-state index >= 15 is 0 Å². The molecule has 0 aromatic heterocycles. The Labute approximate surface area is 456 Å². The van der Waals surface area contributed by atoms with E-state index < -0.39 is 7.92 Å². The molecule has 0 unspecified atom stereocenters. The minimum Gasteiger partial charge on any atom is -0.0620 e. The maximum absolute atomic E-state index is 4.79. The van der Waals surface area contributed by atoms with Crippen molar-refractivity contribution in [2.45, 2.75) is 20.8 Å². The summed E-state index contributed by atoms with van der Waals surface area (Å²) in [6.07, 6.45) is 9.78. The molecule has 0 bridgehead atoms. The molecule has 0 saturated carbocycles. The van der Waals surface area contributed by atoms with Crippen molar-refractivity contribution in [2.75, 3.05) is 40.8 Å². The fourth-order valence-electron chi connectivity index (χ4n) is 6.63. The summed E-state index contributed by atoms with van der Waals surface area (Å²) in [6, 6.07) is 64.1. The molecule has 9 rings (SSSR count). The Balaban J connectivity index is 0.000000443. The van der Waals surface area contributed by atoms with Crippen LogP contribution in [0.25, 0.3) is 17.1 Å². The van der Waals surface area contributed by atoms with Gasteiger partial charge in [-0.05, 0) is 57.2 Å². The predicted molar refractivity (Wildman–Crippen MR) is 281 cm³/mol. The fourth-order valence-corrected chi connectivity index (χ4v) is 9.21. The minimum atomic E-state index is -0.877. The van der Waals surface area contributed by atoms with Gasteiger partial charge in [-0.25, -0.2) is 12.1 Å². The van der Waals surface area contributed by atoms with E-state index in [1.54, 1.807) is 0 Å². The zero-order chi connectivity index (χ0) is 47.5. The molecule has 68 heavy (non-hydrogen) atoms. The molecule has 6 aromatic rings. The Hall–Kier alpha value is -3.38. The Morgan fingerprint density at radius 1 is 0.485 bits per heavy atom. The zero-order valence-corrected chi connectivity index (χ0v) is 47.1. The zero-order valence-electron chi connectivity index (χ0n) is 39.1. The molecular formula is C52H62Ag2Cl3N9PRu-. The Morgan fingerprint density at radius 3 is 1.04 bits per heavy atom. The van der Waals surface area contributed by atoms with E-state index in [1.807, 2.05) is 129 Å². The van der Waals surface area contributed by atoms with Gasteiger partial charge in [0.05, 0.1) is 7.92 Å². The summed E-state index contributed by atoms with van der Waals surface area (Å²) in [7, 11) is 19.2. The third kappa shape index (κ3) is 19.4. The number of hydrogen-bond donors (Lipinski definition) is 3. The molecule has 0 spiro atoms. The first-order chi connectivity index (χ1) is 32.3. The molecule has 9 nitrogen and oxygen atoms in total. The molecule has 372 valence electrons. The summed E-state index contributed by atoms with van der Waals surface area (Å²) in [5, 5.41) is 16.0. The Bertz CT molecular complexity index is 2060. The van der Waals surface area contributed by atoms with Crippen LogP contribution >= 0.6 is 36.0 Å². The van der Waals surface area contributed by atoms with E-state index in [9.17, 15) is 0 Å². The minimum absolute atomic E-state index is 0. The number of nitrogens with zero attached hydrogens (tertiary/aromatic N) is 6. The summed E-state index contributed by atoms with van der Waals surface area (Å²) >= 11 is 1.84. The summed E-state index contributed by atoms with van der Waals surface area (Å²) in [5.41, 5.74) is 16.1. The third-order valence-electron chi connectivity index (χ3n) is 9.74. The molecule has 16 heteroatoms. The molecule has 0 amide bonds. The van der Waals surface area contributed by atoms with Crippen molar-refractivity contribution < 1.29 is 58.7 Å². The van der Waals surface area contributed by atoms with Crippen LogP contribution in [0.15, 0.2) is 176 Å². The molecule has 0 aliphatic carbocycles. The number of hydrogen-bond acceptors (Lipinski definition) is 9. The van der Waals surface area contributed by atoms with Gasteiger partial charge < -0.3 is 37.5 Å². The summed E-state index contributed by atoms with van der Waals surface area (Å²) in [6.45, 7) is 8.94. The fraction of sp³-hybridized carbons (Fsp3) is 0.173. The van der Waals surface area contributed by atoms with E-state index in [-0.39, 0.29) is 48.8 Å². The topological polar surface area (TPSA) is 55.5 Å². The molecule has 1 radical (unpaired) electrons. The van der Waals surface area contributed by atoms with Crippen molar-refractivity contribution in [3.05, 3.63) is 225 Å². The molecule has 3 N–H and O–H groups in total. The third-order valence-corrected chi connectivity index (χ3v) is 12.5. The first kappa shape index (κ1) is 60.7. The molecule has 0 fully saturated rings. The number of halogens is 3. The largest absolute Gasteiger partial charge is 0.102 e. The van der Waals surface area contributed by atoms with E-state index in [0.29, 0.717) is 0 Å². The van der Waals surface area contributed by atoms with Crippen LogP contribution < -0.4 is 32.5 Å². The van der Waals surface area contributed by atoms with Crippen molar-refractivity contribution in [1.29, 1.82) is 0 Å². The first-order valence-electron chi connectivity index (χ1n) is 21.1. The Morgan fingerprint density at radius 2 is 0.765 bits per heavy atom. The summed E-state index contributed by atoms with van der Waals surface area (Å²) in [5.74, 6) is 0. The standard InChI is InChI=1S/C18H15P.2C11H14N3.C11H13N3.CH3.2Ag.3ClH.Ru.H2/c1-4-10-16(11-5-1)19(17-12-6-2-7-13-17)18-14-8-3-9-15-18;3*1-3-14-9-11(13(2)12-14)10-7-5-4-6-8-10;;;;;;;;/h1-15H;2*4-8,12H,3H2,1-2H3;4-7,12H,3H2,1-2H3;1H3;;;3*1H;;1H/q;2*-1;-2;-1;;+2;;;;+4;/p-2. The SMILES string of the molecule is CCN1[C-]=C(c2[c-]cccc2)N(C)N1.CCN1[C-]=C(c2ccccc2)N(C)N1.CCN1[C-]=C(c2ccccc2)N(C)N1.[Ag].[CH3-].[Cl][Ag][Cl].[Cl][Ru+3].[HH].c1ccc([PH+](c2ccccc2)c2ccccc2)cc1. The number of hydrazine groups is 6. The van der Waals surface area contributed by atoms with Gasteiger partial charge in [0.15, 0.2) is 0 Å². The monoisotopic (exact) mass is 1260 g/mol. The van der Waals surface area contributed by atoms with Gasteiger partial charge in [0.1, 0.15) is 15.9 Å².